The van der Waals surface area contributed by atoms with E-state index in [-0.39, 0.29) is 24.3 Å². The minimum absolute atomic E-state index is 0.175. The Morgan fingerprint density at radius 2 is 1.90 bits per heavy atom. The van der Waals surface area contributed by atoms with Crippen molar-refractivity contribution in [2.45, 2.75) is 12.5 Å². The second-order valence-electron chi connectivity index (χ2n) is 5.11. The number of para-hydroxylation sites is 2. The zero-order valence-corrected chi connectivity index (χ0v) is 11.9. The molecule has 0 unspecified atom stereocenters. The molecule has 2 aliphatic heterocycles. The van der Waals surface area contributed by atoms with Gasteiger partial charge in [-0.15, -0.1) is 0 Å². The molecule has 21 heavy (non-hydrogen) atoms. The van der Waals surface area contributed by atoms with Gasteiger partial charge in [-0.1, -0.05) is 12.1 Å². The fourth-order valence-electron chi connectivity index (χ4n) is 2.86. The molecule has 0 N–H and O–H groups in total. The van der Waals surface area contributed by atoms with Crippen LogP contribution < -0.4 is 9.64 Å². The second-order valence-corrected chi connectivity index (χ2v) is 5.11. The summed E-state index contributed by atoms with van der Waals surface area (Å²) in [4.78, 5) is 28.2. The minimum Gasteiger partial charge on any atom is -0.495 e. The molecule has 6 nitrogen and oxygen atoms in total. The van der Waals surface area contributed by atoms with Crippen molar-refractivity contribution in [2.24, 2.45) is 0 Å². The summed E-state index contributed by atoms with van der Waals surface area (Å²) in [5.74, 6) is 0.175. The van der Waals surface area contributed by atoms with Gasteiger partial charge in [-0.05, 0) is 12.1 Å². The molecule has 0 bridgehead atoms. The Bertz CT molecular complexity index is 554. The van der Waals surface area contributed by atoms with Crippen LogP contribution in [0.15, 0.2) is 24.3 Å². The lowest BCUT2D eigenvalue weighted by Gasteiger charge is -2.30. The Hall–Kier alpha value is -1.92. The van der Waals surface area contributed by atoms with Gasteiger partial charge in [0.2, 0.25) is 5.91 Å². The number of morpholine rings is 1. The first-order chi connectivity index (χ1) is 10.2. The number of rotatable bonds is 3. The molecule has 1 aromatic rings. The summed E-state index contributed by atoms with van der Waals surface area (Å²) in [5, 5.41) is 0. The van der Waals surface area contributed by atoms with Crippen molar-refractivity contribution in [1.29, 1.82) is 0 Å². The second kappa shape index (κ2) is 5.83. The summed E-state index contributed by atoms with van der Waals surface area (Å²) < 4.78 is 10.6. The van der Waals surface area contributed by atoms with Crippen LogP contribution in [-0.4, -0.2) is 56.2 Å². The maximum Gasteiger partial charge on any atom is 0.251 e. The predicted octanol–water partition coefficient (Wildman–Crippen LogP) is 0.659. The lowest BCUT2D eigenvalue weighted by Crippen LogP contribution is -2.47. The number of imide groups is 1. The van der Waals surface area contributed by atoms with E-state index in [1.54, 1.807) is 18.2 Å². The lowest BCUT2D eigenvalue weighted by atomic mass is 10.2. The molecule has 112 valence electrons. The third-order valence-corrected chi connectivity index (χ3v) is 3.94. The highest BCUT2D eigenvalue weighted by molar-refractivity contribution is 6.23. The Morgan fingerprint density at radius 1 is 1.19 bits per heavy atom. The van der Waals surface area contributed by atoms with Crippen LogP contribution in [-0.2, 0) is 14.3 Å². The van der Waals surface area contributed by atoms with Crippen LogP contribution in [0.1, 0.15) is 6.42 Å². The quantitative estimate of drug-likeness (QED) is 0.765. The van der Waals surface area contributed by atoms with Gasteiger partial charge in [-0.2, -0.15) is 0 Å². The molecule has 1 atom stereocenters. The van der Waals surface area contributed by atoms with Crippen molar-refractivity contribution in [1.82, 2.24) is 4.90 Å². The molecule has 0 aromatic heterocycles. The van der Waals surface area contributed by atoms with Crippen molar-refractivity contribution < 1.29 is 19.1 Å². The van der Waals surface area contributed by atoms with Gasteiger partial charge < -0.3 is 9.47 Å². The average Bonchev–Trinajstić information content (AvgIpc) is 2.83. The molecule has 2 fully saturated rings. The number of carbonyl (C=O) groups excluding carboxylic acids is 2. The fourth-order valence-corrected chi connectivity index (χ4v) is 2.86. The molecule has 0 saturated carbocycles. The van der Waals surface area contributed by atoms with E-state index >= 15 is 0 Å². The smallest absolute Gasteiger partial charge is 0.251 e. The molecule has 2 heterocycles. The van der Waals surface area contributed by atoms with Crippen LogP contribution >= 0.6 is 0 Å². The van der Waals surface area contributed by atoms with Gasteiger partial charge in [0.25, 0.3) is 5.91 Å². The van der Waals surface area contributed by atoms with Gasteiger partial charge >= 0.3 is 0 Å². The molecule has 0 spiro atoms. The third kappa shape index (κ3) is 2.52. The van der Waals surface area contributed by atoms with Crippen LogP contribution in [0.3, 0.4) is 0 Å². The Morgan fingerprint density at radius 3 is 2.62 bits per heavy atom. The summed E-state index contributed by atoms with van der Waals surface area (Å²) in [6.45, 7) is 2.58. The van der Waals surface area contributed by atoms with Gasteiger partial charge in [0, 0.05) is 13.1 Å². The molecule has 2 aliphatic rings. The van der Waals surface area contributed by atoms with Crippen molar-refractivity contribution in [3.63, 3.8) is 0 Å². The highest BCUT2D eigenvalue weighted by Gasteiger charge is 2.43. The number of carbonyl (C=O) groups is 2. The van der Waals surface area contributed by atoms with Gasteiger partial charge in [-0.3, -0.25) is 14.5 Å². The zero-order valence-electron chi connectivity index (χ0n) is 11.9. The van der Waals surface area contributed by atoms with Crippen LogP contribution in [0.2, 0.25) is 0 Å². The summed E-state index contributed by atoms with van der Waals surface area (Å²) in [7, 11) is 1.53. The largest absolute Gasteiger partial charge is 0.495 e. The van der Waals surface area contributed by atoms with E-state index in [0.717, 1.165) is 0 Å². The van der Waals surface area contributed by atoms with E-state index in [2.05, 4.69) is 0 Å². The predicted molar refractivity (Wildman–Crippen MR) is 76.3 cm³/mol. The minimum atomic E-state index is -0.383. The van der Waals surface area contributed by atoms with Crippen molar-refractivity contribution in [3.05, 3.63) is 24.3 Å². The molecule has 3 rings (SSSR count). The van der Waals surface area contributed by atoms with Crippen LogP contribution in [0.25, 0.3) is 0 Å². The summed E-state index contributed by atoms with van der Waals surface area (Å²) in [6, 6.07) is 6.70. The maximum atomic E-state index is 12.7. The highest BCUT2D eigenvalue weighted by Crippen LogP contribution is 2.33. The topological polar surface area (TPSA) is 59.1 Å². The number of amides is 2. The third-order valence-electron chi connectivity index (χ3n) is 3.94. The Labute approximate surface area is 123 Å². The number of anilines is 1. The maximum absolute atomic E-state index is 12.7. The van der Waals surface area contributed by atoms with E-state index < -0.39 is 0 Å². The van der Waals surface area contributed by atoms with Gasteiger partial charge in [-0.25, -0.2) is 4.90 Å². The van der Waals surface area contributed by atoms with E-state index in [0.29, 0.717) is 37.7 Å². The normalized spacial score (nSPS) is 23.7. The molecule has 1 aromatic carbocycles. The first-order valence-corrected chi connectivity index (χ1v) is 7.04. The van der Waals surface area contributed by atoms with Crippen LogP contribution in [0.5, 0.6) is 5.75 Å². The monoisotopic (exact) mass is 290 g/mol. The van der Waals surface area contributed by atoms with Crippen LogP contribution in [0.4, 0.5) is 5.69 Å². The van der Waals surface area contributed by atoms with Crippen molar-refractivity contribution in [2.75, 3.05) is 38.3 Å². The summed E-state index contributed by atoms with van der Waals surface area (Å²) in [5.41, 5.74) is 0.519. The summed E-state index contributed by atoms with van der Waals surface area (Å²) in [6.07, 6.45) is 0.219. The zero-order chi connectivity index (χ0) is 14.8. The number of hydrogen-bond acceptors (Lipinski definition) is 5. The number of hydrogen-bond donors (Lipinski definition) is 0. The molecule has 2 saturated heterocycles. The Balaban J connectivity index is 1.86. The van der Waals surface area contributed by atoms with Gasteiger partial charge in [0.15, 0.2) is 0 Å². The van der Waals surface area contributed by atoms with E-state index in [9.17, 15) is 9.59 Å². The fraction of sp³-hybridized carbons (Fsp3) is 0.467. The summed E-state index contributed by atoms with van der Waals surface area (Å²) >= 11 is 0. The number of benzene rings is 1. The Kier molecular flexibility index (Phi) is 3.90. The van der Waals surface area contributed by atoms with Gasteiger partial charge in [0.05, 0.1) is 38.5 Å². The molecule has 2 amide bonds. The highest BCUT2D eigenvalue weighted by atomic mass is 16.5. The molecule has 0 aliphatic carbocycles. The first-order valence-electron chi connectivity index (χ1n) is 7.04. The lowest BCUT2D eigenvalue weighted by molar-refractivity contribution is -0.123. The number of nitrogens with zero attached hydrogens (tertiary/aromatic N) is 2. The van der Waals surface area contributed by atoms with E-state index in [4.69, 9.17) is 9.47 Å². The average molecular weight is 290 g/mol. The van der Waals surface area contributed by atoms with Crippen molar-refractivity contribution >= 4 is 17.5 Å². The number of ether oxygens (including phenoxy) is 2. The van der Waals surface area contributed by atoms with Crippen molar-refractivity contribution in [3.8, 4) is 5.75 Å². The van der Waals surface area contributed by atoms with E-state index in [1.807, 2.05) is 11.0 Å². The molecule has 6 heteroatoms. The van der Waals surface area contributed by atoms with Crippen LogP contribution in [0, 0.1) is 0 Å². The van der Waals surface area contributed by atoms with E-state index in [1.165, 1.54) is 12.0 Å². The SMILES string of the molecule is COc1ccccc1N1C(=O)C[C@@H](N2CCOCC2)C1=O. The standard InChI is InChI=1S/C15H18N2O4/c1-20-13-5-3-2-4-11(13)17-14(18)10-12(15(17)19)16-6-8-21-9-7-16/h2-5,12H,6-10H2,1H3/t12-/m1/s1. The first kappa shape index (κ1) is 14.0. The molecule has 0 radical (unpaired) electrons. The molecular formula is C15H18N2O4. The molecular weight excluding hydrogens is 272 g/mol. The van der Waals surface area contributed by atoms with Gasteiger partial charge in [0.1, 0.15) is 5.75 Å². The number of methoxy groups -OCH3 is 1.